The first-order valence-corrected chi connectivity index (χ1v) is 9.36. The average molecular weight is 409 g/mol. The average Bonchev–Trinajstić information content (AvgIpc) is 2.72. The summed E-state index contributed by atoms with van der Waals surface area (Å²) in [4.78, 5) is 8.59. The zero-order valence-corrected chi connectivity index (χ0v) is 16.3. The van der Waals surface area contributed by atoms with Crippen LogP contribution in [0.4, 0.5) is 21.7 Å². The number of hydrogen-bond acceptors (Lipinski definition) is 5. The number of hydrogen-bond donors (Lipinski definition) is 2. The Bertz CT molecular complexity index is 1180. The molecule has 5 nitrogen and oxygen atoms in total. The molecule has 0 spiro atoms. The van der Waals surface area contributed by atoms with Gasteiger partial charge in [0, 0.05) is 28.2 Å². The van der Waals surface area contributed by atoms with Gasteiger partial charge in [-0.1, -0.05) is 35.9 Å². The molecule has 7 heteroatoms. The van der Waals surface area contributed by atoms with Crippen molar-refractivity contribution in [3.8, 4) is 5.75 Å². The van der Waals surface area contributed by atoms with Crippen LogP contribution in [0, 0.1) is 5.82 Å². The molecule has 0 fully saturated rings. The fourth-order valence-corrected chi connectivity index (χ4v) is 3.27. The van der Waals surface area contributed by atoms with Gasteiger partial charge in [-0.25, -0.2) is 14.4 Å². The number of benzene rings is 2. The summed E-state index contributed by atoms with van der Waals surface area (Å²) in [7, 11) is 0. The Morgan fingerprint density at radius 2 is 1.83 bits per heavy atom. The van der Waals surface area contributed by atoms with Crippen molar-refractivity contribution < 1.29 is 9.13 Å². The molecule has 2 aromatic carbocycles. The molecule has 146 valence electrons. The van der Waals surface area contributed by atoms with E-state index in [-0.39, 0.29) is 11.6 Å². The van der Waals surface area contributed by atoms with Gasteiger partial charge in [-0.05, 0) is 36.6 Å². The molecule has 0 aliphatic heterocycles. The molecule has 29 heavy (non-hydrogen) atoms. The topological polar surface area (TPSA) is 73.1 Å². The fraction of sp³-hybridized carbons (Fsp3) is 0.0909. The van der Waals surface area contributed by atoms with Gasteiger partial charge in [0.1, 0.15) is 17.7 Å². The van der Waals surface area contributed by atoms with Crippen molar-refractivity contribution in [2.45, 2.75) is 13.0 Å². The number of nitrogen functional groups attached to an aromatic ring is 1. The number of ether oxygens (including phenoxy) is 1. The van der Waals surface area contributed by atoms with Crippen LogP contribution in [-0.2, 0) is 0 Å². The SMILES string of the molecule is CC(Oc1cc(Nc2cc3ccccc3cn2)cnc1N)c1cc(F)ccc1Cl. The van der Waals surface area contributed by atoms with E-state index in [9.17, 15) is 4.39 Å². The van der Waals surface area contributed by atoms with E-state index in [1.165, 1.54) is 18.2 Å². The molecular weight excluding hydrogens is 391 g/mol. The third kappa shape index (κ3) is 4.22. The molecule has 2 aromatic heterocycles. The van der Waals surface area contributed by atoms with Gasteiger partial charge in [-0.2, -0.15) is 0 Å². The van der Waals surface area contributed by atoms with Gasteiger partial charge in [-0.3, -0.25) is 0 Å². The number of aromatic nitrogens is 2. The number of anilines is 3. The molecule has 0 saturated carbocycles. The van der Waals surface area contributed by atoms with Crippen LogP contribution >= 0.6 is 11.6 Å². The molecule has 1 atom stereocenters. The maximum atomic E-state index is 13.6. The van der Waals surface area contributed by atoms with Crippen molar-refractivity contribution in [1.29, 1.82) is 0 Å². The first-order chi connectivity index (χ1) is 14.0. The summed E-state index contributed by atoms with van der Waals surface area (Å²) in [5, 5.41) is 5.74. The van der Waals surface area contributed by atoms with Gasteiger partial charge in [0.05, 0.1) is 11.9 Å². The Morgan fingerprint density at radius 3 is 2.66 bits per heavy atom. The number of pyridine rings is 2. The maximum Gasteiger partial charge on any atom is 0.166 e. The van der Waals surface area contributed by atoms with Crippen molar-refractivity contribution in [1.82, 2.24) is 9.97 Å². The third-order valence-electron chi connectivity index (χ3n) is 4.48. The van der Waals surface area contributed by atoms with Crippen molar-refractivity contribution in [2.75, 3.05) is 11.1 Å². The minimum absolute atomic E-state index is 0.224. The Morgan fingerprint density at radius 1 is 1.03 bits per heavy atom. The fourth-order valence-electron chi connectivity index (χ4n) is 3.00. The highest BCUT2D eigenvalue weighted by Crippen LogP contribution is 2.32. The molecule has 0 aliphatic rings. The summed E-state index contributed by atoms with van der Waals surface area (Å²) in [6.45, 7) is 1.77. The monoisotopic (exact) mass is 408 g/mol. The van der Waals surface area contributed by atoms with Crippen molar-refractivity contribution in [3.05, 3.63) is 83.4 Å². The normalized spacial score (nSPS) is 12.0. The van der Waals surface area contributed by atoms with Crippen molar-refractivity contribution >= 4 is 39.7 Å². The summed E-state index contributed by atoms with van der Waals surface area (Å²) in [6, 6.07) is 15.8. The molecular formula is C22H18ClFN4O. The van der Waals surface area contributed by atoms with Gasteiger partial charge in [-0.15, -0.1) is 0 Å². The van der Waals surface area contributed by atoms with Gasteiger partial charge in [0.15, 0.2) is 11.6 Å². The standard InChI is InChI=1S/C22H18ClFN4O/c1-13(18-9-16(24)6-7-19(18)23)29-20-10-17(12-27-22(20)25)28-21-8-14-4-2-3-5-15(14)11-26-21/h2-13H,1H3,(H2,25,27)(H,26,28). The van der Waals surface area contributed by atoms with Crippen LogP contribution in [0.3, 0.4) is 0 Å². The first-order valence-electron chi connectivity index (χ1n) is 8.98. The number of nitrogens with two attached hydrogens (primary N) is 1. The molecule has 1 unspecified atom stereocenters. The smallest absolute Gasteiger partial charge is 0.166 e. The zero-order chi connectivity index (χ0) is 20.4. The first kappa shape index (κ1) is 19.0. The molecule has 0 saturated heterocycles. The second kappa shape index (κ2) is 7.93. The lowest BCUT2D eigenvalue weighted by molar-refractivity contribution is 0.227. The van der Waals surface area contributed by atoms with Gasteiger partial charge >= 0.3 is 0 Å². The van der Waals surface area contributed by atoms with Gasteiger partial charge in [0.25, 0.3) is 0 Å². The highest BCUT2D eigenvalue weighted by atomic mass is 35.5. The van der Waals surface area contributed by atoms with E-state index >= 15 is 0 Å². The van der Waals surface area contributed by atoms with E-state index in [1.54, 1.807) is 25.4 Å². The highest BCUT2D eigenvalue weighted by molar-refractivity contribution is 6.31. The Hall–Kier alpha value is -3.38. The lowest BCUT2D eigenvalue weighted by Crippen LogP contribution is -2.07. The summed E-state index contributed by atoms with van der Waals surface area (Å²) in [6.07, 6.45) is 2.88. The molecule has 4 rings (SSSR count). The number of fused-ring (bicyclic) bond motifs is 1. The number of nitrogens with one attached hydrogen (secondary N) is 1. The number of nitrogens with zero attached hydrogens (tertiary/aromatic N) is 2. The van der Waals surface area contributed by atoms with Crippen LogP contribution in [-0.4, -0.2) is 9.97 Å². The second-order valence-corrected chi connectivity index (χ2v) is 6.98. The van der Waals surface area contributed by atoms with Crippen molar-refractivity contribution in [2.24, 2.45) is 0 Å². The molecule has 0 radical (unpaired) electrons. The molecule has 0 aliphatic carbocycles. The highest BCUT2D eigenvalue weighted by Gasteiger charge is 2.15. The summed E-state index contributed by atoms with van der Waals surface area (Å²) < 4.78 is 19.5. The maximum absolute atomic E-state index is 13.6. The minimum Gasteiger partial charge on any atom is -0.482 e. The quantitative estimate of drug-likeness (QED) is 0.431. The third-order valence-corrected chi connectivity index (χ3v) is 4.83. The van der Waals surface area contributed by atoms with E-state index in [2.05, 4.69) is 15.3 Å². The van der Waals surface area contributed by atoms with Crippen LogP contribution in [0.5, 0.6) is 5.75 Å². The Kier molecular flexibility index (Phi) is 5.18. The Labute approximate surface area is 172 Å². The minimum atomic E-state index is -0.517. The van der Waals surface area contributed by atoms with Crippen LogP contribution in [0.25, 0.3) is 10.8 Å². The van der Waals surface area contributed by atoms with Crippen LogP contribution in [0.15, 0.2) is 67.0 Å². The van der Waals surface area contributed by atoms with Gasteiger partial charge in [0.2, 0.25) is 0 Å². The lowest BCUT2D eigenvalue weighted by Gasteiger charge is -2.18. The van der Waals surface area contributed by atoms with Crippen LogP contribution < -0.4 is 15.8 Å². The molecule has 2 heterocycles. The van der Waals surface area contributed by atoms with E-state index in [0.717, 1.165) is 10.8 Å². The molecule has 0 bridgehead atoms. The summed E-state index contributed by atoms with van der Waals surface area (Å²) in [5.74, 6) is 0.871. The van der Waals surface area contributed by atoms with Crippen molar-refractivity contribution in [3.63, 3.8) is 0 Å². The zero-order valence-electron chi connectivity index (χ0n) is 15.6. The molecule has 4 aromatic rings. The molecule has 0 amide bonds. The predicted molar refractivity (Wildman–Crippen MR) is 114 cm³/mol. The van der Waals surface area contributed by atoms with Gasteiger partial charge < -0.3 is 15.8 Å². The summed E-state index contributed by atoms with van der Waals surface area (Å²) in [5.41, 5.74) is 7.15. The number of halogens is 2. The largest absolute Gasteiger partial charge is 0.482 e. The lowest BCUT2D eigenvalue weighted by atomic mass is 10.1. The van der Waals surface area contributed by atoms with E-state index in [0.29, 0.717) is 27.8 Å². The second-order valence-electron chi connectivity index (χ2n) is 6.57. The predicted octanol–water partition coefficient (Wildman–Crippen LogP) is 5.89. The number of rotatable bonds is 5. The van der Waals surface area contributed by atoms with Crippen LogP contribution in [0.1, 0.15) is 18.6 Å². The summed E-state index contributed by atoms with van der Waals surface area (Å²) >= 11 is 6.17. The Balaban J connectivity index is 1.57. The van der Waals surface area contributed by atoms with E-state index in [4.69, 9.17) is 22.1 Å². The van der Waals surface area contributed by atoms with E-state index in [1.807, 2.05) is 30.3 Å². The van der Waals surface area contributed by atoms with Crippen LogP contribution in [0.2, 0.25) is 5.02 Å². The molecule has 3 N–H and O–H groups in total. The van der Waals surface area contributed by atoms with E-state index < -0.39 is 6.10 Å².